The SMILES string of the molecule is [CH]1[CH][CH][C](N=CC=N[C]2[CH][CH][CH][CH]2)[CH]1. The van der Waals surface area contributed by atoms with Crippen molar-refractivity contribution in [2.75, 3.05) is 0 Å². The number of aliphatic imine (C=N–C) groups is 2. The highest BCUT2D eigenvalue weighted by Crippen LogP contribution is 2.24. The average Bonchev–Trinajstić information content (AvgIpc) is 2.86. The molecule has 0 spiro atoms. The van der Waals surface area contributed by atoms with Crippen molar-refractivity contribution < 1.29 is 0 Å². The molecule has 0 aromatic heterocycles. The van der Waals surface area contributed by atoms with Gasteiger partial charge >= 0.3 is 0 Å². The Balaban J connectivity index is 1.69. The molecule has 2 saturated carbocycles. The summed E-state index contributed by atoms with van der Waals surface area (Å²) in [5.74, 6) is 0. The van der Waals surface area contributed by atoms with E-state index in [4.69, 9.17) is 0 Å². The molecule has 0 aromatic carbocycles. The second kappa shape index (κ2) is 5.28. The van der Waals surface area contributed by atoms with E-state index in [0.717, 1.165) is 12.1 Å². The van der Waals surface area contributed by atoms with Crippen LogP contribution in [-0.2, 0) is 0 Å². The van der Waals surface area contributed by atoms with Crippen LogP contribution in [0.4, 0.5) is 0 Å². The van der Waals surface area contributed by atoms with Crippen LogP contribution in [-0.4, -0.2) is 12.4 Å². The van der Waals surface area contributed by atoms with Crippen molar-refractivity contribution >= 4 is 12.4 Å². The van der Waals surface area contributed by atoms with Crippen LogP contribution in [0, 0.1) is 63.5 Å². The lowest BCUT2D eigenvalue weighted by Gasteiger charge is -1.97. The Labute approximate surface area is 86.5 Å². The highest BCUT2D eigenvalue weighted by Gasteiger charge is 2.15. The molecule has 2 fully saturated rings. The lowest BCUT2D eigenvalue weighted by atomic mass is 10.3. The normalized spacial score (nSPS) is 26.0. The molecule has 68 valence electrons. The zero-order chi connectivity index (χ0) is 9.64. The zero-order valence-electron chi connectivity index (χ0n) is 7.67. The monoisotopic (exact) mass is 182 g/mol. The van der Waals surface area contributed by atoms with Gasteiger partial charge in [0, 0.05) is 12.4 Å². The molecular formula is C12H10N2. The van der Waals surface area contributed by atoms with E-state index in [2.05, 4.69) is 9.98 Å². The van der Waals surface area contributed by atoms with Crippen LogP contribution in [0.2, 0.25) is 0 Å². The predicted octanol–water partition coefficient (Wildman–Crippen LogP) is 1.85. The molecule has 0 aromatic rings. The first-order valence-corrected chi connectivity index (χ1v) is 4.45. The van der Waals surface area contributed by atoms with E-state index < -0.39 is 0 Å². The number of nitrogens with zero attached hydrogens (tertiary/aromatic N) is 2. The van der Waals surface area contributed by atoms with Crippen LogP contribution < -0.4 is 0 Å². The first-order chi connectivity index (χ1) is 6.95. The third-order valence-corrected chi connectivity index (χ3v) is 1.80. The molecule has 0 atom stereocenters. The maximum absolute atomic E-state index is 4.19. The second-order valence-electron chi connectivity index (χ2n) is 2.84. The van der Waals surface area contributed by atoms with E-state index in [1.54, 1.807) is 12.4 Å². The van der Waals surface area contributed by atoms with Crippen molar-refractivity contribution in [1.82, 2.24) is 0 Å². The highest BCUT2D eigenvalue weighted by atomic mass is 14.8. The van der Waals surface area contributed by atoms with Crippen molar-refractivity contribution in [3.05, 3.63) is 63.5 Å². The number of hydrogen-bond acceptors (Lipinski definition) is 2. The van der Waals surface area contributed by atoms with Crippen LogP contribution in [0.3, 0.4) is 0 Å². The van der Waals surface area contributed by atoms with Crippen molar-refractivity contribution in [3.63, 3.8) is 0 Å². The van der Waals surface area contributed by atoms with Gasteiger partial charge in [-0.1, -0.05) is 0 Å². The molecule has 2 rings (SSSR count). The lowest BCUT2D eigenvalue weighted by Crippen LogP contribution is -1.90. The molecule has 0 bridgehead atoms. The Morgan fingerprint density at radius 2 is 1.00 bits per heavy atom. The largest absolute Gasteiger partial charge is 0.282 e. The molecule has 10 radical (unpaired) electrons. The van der Waals surface area contributed by atoms with E-state index in [1.165, 1.54) is 0 Å². The zero-order valence-corrected chi connectivity index (χ0v) is 7.67. The van der Waals surface area contributed by atoms with Gasteiger partial charge in [-0.3, -0.25) is 9.98 Å². The van der Waals surface area contributed by atoms with Crippen LogP contribution in [0.1, 0.15) is 0 Å². The molecule has 0 unspecified atom stereocenters. The summed E-state index contributed by atoms with van der Waals surface area (Å²) in [4.78, 5) is 8.38. The summed E-state index contributed by atoms with van der Waals surface area (Å²) in [6, 6.07) is 1.91. The molecule has 2 heteroatoms. The molecule has 0 saturated heterocycles. The van der Waals surface area contributed by atoms with Gasteiger partial charge < -0.3 is 0 Å². The standard InChI is InChI=1S/C12H10N2/c1-2-6-11(5-1)13-9-10-14-12-7-3-4-8-12/h1-10H. The first kappa shape index (κ1) is 9.88. The Bertz CT molecular complexity index is 184. The van der Waals surface area contributed by atoms with Crippen LogP contribution >= 0.6 is 0 Å². The molecule has 0 heterocycles. The Morgan fingerprint density at radius 3 is 1.36 bits per heavy atom. The number of rotatable bonds is 3. The van der Waals surface area contributed by atoms with Crippen LogP contribution in [0.15, 0.2) is 9.98 Å². The van der Waals surface area contributed by atoms with Crippen molar-refractivity contribution in [1.29, 1.82) is 0 Å². The maximum atomic E-state index is 4.19. The second-order valence-corrected chi connectivity index (χ2v) is 2.84. The minimum Gasteiger partial charge on any atom is -0.282 e. The van der Waals surface area contributed by atoms with Gasteiger partial charge in [0.2, 0.25) is 0 Å². The molecule has 2 aliphatic carbocycles. The van der Waals surface area contributed by atoms with Crippen LogP contribution in [0.5, 0.6) is 0 Å². The summed E-state index contributed by atoms with van der Waals surface area (Å²) in [5.41, 5.74) is 0. The molecule has 2 aliphatic rings. The smallest absolute Gasteiger partial charge is 0.0933 e. The predicted molar refractivity (Wildman–Crippen MR) is 57.9 cm³/mol. The number of hydrogen-bond donors (Lipinski definition) is 0. The molecule has 2 nitrogen and oxygen atoms in total. The summed E-state index contributed by atoms with van der Waals surface area (Å²) >= 11 is 0. The van der Waals surface area contributed by atoms with Gasteiger partial charge in [0.05, 0.1) is 12.1 Å². The third kappa shape index (κ3) is 2.93. The fraction of sp³-hybridized carbons (Fsp3) is 0. The Kier molecular flexibility index (Phi) is 3.72. The van der Waals surface area contributed by atoms with E-state index in [0.29, 0.717) is 0 Å². The van der Waals surface area contributed by atoms with Gasteiger partial charge in [0.25, 0.3) is 0 Å². The molecule has 14 heavy (non-hydrogen) atoms. The minimum absolute atomic E-state index is 0.957. The summed E-state index contributed by atoms with van der Waals surface area (Å²) < 4.78 is 0. The van der Waals surface area contributed by atoms with E-state index in [1.807, 2.05) is 51.4 Å². The Morgan fingerprint density at radius 1 is 0.643 bits per heavy atom. The summed E-state index contributed by atoms with van der Waals surface area (Å²) in [7, 11) is 0. The van der Waals surface area contributed by atoms with Crippen molar-refractivity contribution in [2.45, 2.75) is 0 Å². The Hall–Kier alpha value is -0.660. The average molecular weight is 182 g/mol. The summed E-state index contributed by atoms with van der Waals surface area (Å²) in [5, 5.41) is 0. The maximum Gasteiger partial charge on any atom is 0.0933 e. The quantitative estimate of drug-likeness (QED) is 0.595. The van der Waals surface area contributed by atoms with E-state index >= 15 is 0 Å². The van der Waals surface area contributed by atoms with Crippen molar-refractivity contribution in [3.8, 4) is 0 Å². The lowest BCUT2D eigenvalue weighted by molar-refractivity contribution is 1.17. The summed E-state index contributed by atoms with van der Waals surface area (Å²) in [6.45, 7) is 0. The van der Waals surface area contributed by atoms with Gasteiger partial charge in [-0.25, -0.2) is 0 Å². The fourth-order valence-electron chi connectivity index (χ4n) is 1.14. The van der Waals surface area contributed by atoms with Gasteiger partial charge in [-0.05, 0) is 51.4 Å². The molecule has 0 aliphatic heterocycles. The third-order valence-electron chi connectivity index (χ3n) is 1.80. The molecule has 0 amide bonds. The fourth-order valence-corrected chi connectivity index (χ4v) is 1.14. The molecular weight excluding hydrogens is 172 g/mol. The van der Waals surface area contributed by atoms with Crippen molar-refractivity contribution in [2.24, 2.45) is 9.98 Å². The molecule has 0 N–H and O–H groups in total. The van der Waals surface area contributed by atoms with Gasteiger partial charge in [0.1, 0.15) is 0 Å². The summed E-state index contributed by atoms with van der Waals surface area (Å²) in [6.07, 6.45) is 19.0. The van der Waals surface area contributed by atoms with Crippen LogP contribution in [0.25, 0.3) is 0 Å². The van der Waals surface area contributed by atoms with Gasteiger partial charge in [0.15, 0.2) is 0 Å². The first-order valence-electron chi connectivity index (χ1n) is 4.45. The van der Waals surface area contributed by atoms with E-state index in [-0.39, 0.29) is 0 Å². The highest BCUT2D eigenvalue weighted by molar-refractivity contribution is 6.16. The van der Waals surface area contributed by atoms with Gasteiger partial charge in [-0.2, -0.15) is 0 Å². The van der Waals surface area contributed by atoms with Gasteiger partial charge in [-0.15, -0.1) is 0 Å². The minimum atomic E-state index is 0.957. The topological polar surface area (TPSA) is 24.7 Å². The van der Waals surface area contributed by atoms with E-state index in [9.17, 15) is 0 Å².